The smallest absolute Gasteiger partial charge is 0.234 e. The Morgan fingerprint density at radius 1 is 1.04 bits per heavy atom. The Hall–Kier alpha value is -2.73. The predicted octanol–water partition coefficient (Wildman–Crippen LogP) is 5.25. The quantitative estimate of drug-likeness (QED) is 0.474. The number of nitrogens with zero attached hydrogens (tertiary/aromatic N) is 2. The van der Waals surface area contributed by atoms with Gasteiger partial charge in [-0.25, -0.2) is 14.4 Å². The molecular weight excluding hydrogens is 373 g/mol. The fourth-order valence-corrected chi connectivity index (χ4v) is 3.82. The SMILES string of the molecule is Cc1cc(C)c(NC(=O)CSc2cc(C)nc(-c3cccc(F)c3)n2)c(C)c1. The molecule has 28 heavy (non-hydrogen) atoms. The normalized spacial score (nSPS) is 10.8. The lowest BCUT2D eigenvalue weighted by Crippen LogP contribution is -2.16. The van der Waals surface area contributed by atoms with E-state index in [1.54, 1.807) is 12.1 Å². The maximum Gasteiger partial charge on any atom is 0.234 e. The van der Waals surface area contributed by atoms with Gasteiger partial charge in [0.05, 0.1) is 5.75 Å². The molecule has 0 aliphatic rings. The molecule has 1 N–H and O–H groups in total. The molecule has 3 aromatic rings. The van der Waals surface area contributed by atoms with Gasteiger partial charge in [0, 0.05) is 16.9 Å². The van der Waals surface area contributed by atoms with Crippen molar-refractivity contribution in [3.63, 3.8) is 0 Å². The Kier molecular flexibility index (Phi) is 6.09. The second-order valence-corrected chi connectivity index (χ2v) is 7.79. The molecule has 0 aliphatic heterocycles. The molecule has 1 heterocycles. The molecule has 0 atom stereocenters. The first-order chi connectivity index (χ1) is 13.3. The van der Waals surface area contributed by atoms with E-state index in [-0.39, 0.29) is 17.5 Å². The van der Waals surface area contributed by atoms with E-state index in [4.69, 9.17) is 0 Å². The van der Waals surface area contributed by atoms with Crippen LogP contribution in [0.1, 0.15) is 22.4 Å². The van der Waals surface area contributed by atoms with Crippen molar-refractivity contribution in [2.24, 2.45) is 0 Å². The van der Waals surface area contributed by atoms with Gasteiger partial charge in [0.15, 0.2) is 5.82 Å². The highest BCUT2D eigenvalue weighted by Gasteiger charge is 2.11. The number of halogens is 1. The average molecular weight is 396 g/mol. The molecule has 2 aromatic carbocycles. The second-order valence-electron chi connectivity index (χ2n) is 6.79. The van der Waals surface area contributed by atoms with Crippen LogP contribution >= 0.6 is 11.8 Å². The number of anilines is 1. The van der Waals surface area contributed by atoms with E-state index < -0.39 is 0 Å². The molecule has 0 radical (unpaired) electrons. The summed E-state index contributed by atoms with van der Waals surface area (Å²) in [6.07, 6.45) is 0. The highest BCUT2D eigenvalue weighted by atomic mass is 32.2. The molecule has 0 fully saturated rings. The molecule has 6 heteroatoms. The molecule has 0 aliphatic carbocycles. The van der Waals surface area contributed by atoms with Crippen molar-refractivity contribution in [3.05, 3.63) is 70.7 Å². The monoisotopic (exact) mass is 395 g/mol. The second kappa shape index (κ2) is 8.52. The standard InChI is InChI=1S/C22H22FN3OS/c1-13-8-14(2)21(15(3)9-13)25-19(27)12-28-20-10-16(4)24-22(26-20)17-6-5-7-18(23)11-17/h5-11H,12H2,1-4H3,(H,25,27). The zero-order chi connectivity index (χ0) is 20.3. The largest absolute Gasteiger partial charge is 0.325 e. The maximum absolute atomic E-state index is 13.5. The van der Waals surface area contributed by atoms with Crippen LogP contribution < -0.4 is 5.32 Å². The third-order valence-electron chi connectivity index (χ3n) is 4.21. The third kappa shape index (κ3) is 4.95. The van der Waals surface area contributed by atoms with Gasteiger partial charge in [-0.15, -0.1) is 0 Å². The molecule has 1 amide bonds. The summed E-state index contributed by atoms with van der Waals surface area (Å²) in [5, 5.41) is 3.67. The number of aromatic nitrogens is 2. The van der Waals surface area contributed by atoms with Crippen molar-refractivity contribution in [1.29, 1.82) is 0 Å². The molecule has 4 nitrogen and oxygen atoms in total. The van der Waals surface area contributed by atoms with Crippen LogP contribution in [0.3, 0.4) is 0 Å². The van der Waals surface area contributed by atoms with Crippen LogP contribution in [0.15, 0.2) is 47.5 Å². The number of hydrogen-bond acceptors (Lipinski definition) is 4. The van der Waals surface area contributed by atoms with Crippen molar-refractivity contribution in [2.75, 3.05) is 11.1 Å². The first-order valence-electron chi connectivity index (χ1n) is 8.94. The van der Waals surface area contributed by atoms with Crippen LogP contribution in [0, 0.1) is 33.5 Å². The number of hydrogen-bond donors (Lipinski definition) is 1. The summed E-state index contributed by atoms with van der Waals surface area (Å²) in [4.78, 5) is 21.3. The van der Waals surface area contributed by atoms with Crippen LogP contribution in [0.4, 0.5) is 10.1 Å². The van der Waals surface area contributed by atoms with Gasteiger partial charge >= 0.3 is 0 Å². The van der Waals surface area contributed by atoms with E-state index in [0.29, 0.717) is 16.4 Å². The summed E-state index contributed by atoms with van der Waals surface area (Å²) in [6, 6.07) is 12.1. The Labute approximate surface area is 168 Å². The van der Waals surface area contributed by atoms with E-state index in [1.807, 2.05) is 33.8 Å². The van der Waals surface area contributed by atoms with Gasteiger partial charge in [0.2, 0.25) is 5.91 Å². The van der Waals surface area contributed by atoms with Crippen molar-refractivity contribution in [3.8, 4) is 11.4 Å². The number of thioether (sulfide) groups is 1. The minimum atomic E-state index is -0.333. The number of aryl methyl sites for hydroxylation is 4. The molecule has 144 valence electrons. The number of rotatable bonds is 5. The zero-order valence-electron chi connectivity index (χ0n) is 16.3. The number of benzene rings is 2. The van der Waals surface area contributed by atoms with Crippen LogP contribution in [0.25, 0.3) is 11.4 Å². The van der Waals surface area contributed by atoms with Gasteiger partial charge in [-0.3, -0.25) is 4.79 Å². The highest BCUT2D eigenvalue weighted by Crippen LogP contribution is 2.24. The number of nitrogens with one attached hydrogen (secondary N) is 1. The summed E-state index contributed by atoms with van der Waals surface area (Å²) < 4.78 is 13.5. The molecule has 0 saturated carbocycles. The minimum absolute atomic E-state index is 0.0939. The predicted molar refractivity (Wildman–Crippen MR) is 112 cm³/mol. The molecule has 3 rings (SSSR count). The van der Waals surface area contributed by atoms with Crippen LogP contribution in [-0.2, 0) is 4.79 Å². The van der Waals surface area contributed by atoms with Crippen molar-refractivity contribution >= 4 is 23.4 Å². The minimum Gasteiger partial charge on any atom is -0.325 e. The Morgan fingerprint density at radius 2 is 1.75 bits per heavy atom. The van der Waals surface area contributed by atoms with Crippen molar-refractivity contribution < 1.29 is 9.18 Å². The average Bonchev–Trinajstić information content (AvgIpc) is 2.62. The molecule has 1 aromatic heterocycles. The van der Waals surface area contributed by atoms with Gasteiger partial charge < -0.3 is 5.32 Å². The summed E-state index contributed by atoms with van der Waals surface area (Å²) in [5.41, 5.74) is 5.49. The Morgan fingerprint density at radius 3 is 2.43 bits per heavy atom. The molecule has 0 unspecified atom stereocenters. The lowest BCUT2D eigenvalue weighted by Gasteiger charge is -2.13. The molecule has 0 spiro atoms. The molecule has 0 bridgehead atoms. The van der Waals surface area contributed by atoms with Crippen LogP contribution in [-0.4, -0.2) is 21.6 Å². The Balaban J connectivity index is 1.72. The number of carbonyl (C=O) groups is 1. The van der Waals surface area contributed by atoms with Gasteiger partial charge in [0.1, 0.15) is 10.8 Å². The zero-order valence-corrected chi connectivity index (χ0v) is 17.2. The highest BCUT2D eigenvalue weighted by molar-refractivity contribution is 7.99. The van der Waals surface area contributed by atoms with Crippen molar-refractivity contribution in [2.45, 2.75) is 32.7 Å². The van der Waals surface area contributed by atoms with Gasteiger partial charge in [-0.1, -0.05) is 41.6 Å². The Bertz CT molecular complexity index is 1010. The molecule has 0 saturated heterocycles. The lowest BCUT2D eigenvalue weighted by molar-refractivity contribution is -0.113. The first-order valence-corrected chi connectivity index (χ1v) is 9.92. The van der Waals surface area contributed by atoms with Gasteiger partial charge in [-0.05, 0) is 57.0 Å². The van der Waals surface area contributed by atoms with E-state index in [9.17, 15) is 9.18 Å². The van der Waals surface area contributed by atoms with Gasteiger partial charge in [-0.2, -0.15) is 0 Å². The summed E-state index contributed by atoms with van der Waals surface area (Å²) in [7, 11) is 0. The van der Waals surface area contributed by atoms with Crippen molar-refractivity contribution in [1.82, 2.24) is 9.97 Å². The van der Waals surface area contributed by atoms with Crippen LogP contribution in [0.5, 0.6) is 0 Å². The summed E-state index contributed by atoms with van der Waals surface area (Å²) in [6.45, 7) is 7.87. The number of carbonyl (C=O) groups excluding carboxylic acids is 1. The fourth-order valence-electron chi connectivity index (χ4n) is 3.06. The first kappa shape index (κ1) is 20.0. The maximum atomic E-state index is 13.5. The van der Waals surface area contributed by atoms with E-state index >= 15 is 0 Å². The molecular formula is C22H22FN3OS. The summed E-state index contributed by atoms with van der Waals surface area (Å²) >= 11 is 1.33. The fraction of sp³-hybridized carbons (Fsp3) is 0.227. The third-order valence-corrected chi connectivity index (χ3v) is 5.12. The van der Waals surface area contributed by atoms with E-state index in [0.717, 1.165) is 22.5 Å². The van der Waals surface area contributed by atoms with E-state index in [2.05, 4.69) is 27.4 Å². The van der Waals surface area contributed by atoms with Crippen LogP contribution in [0.2, 0.25) is 0 Å². The number of amides is 1. The topological polar surface area (TPSA) is 54.9 Å². The lowest BCUT2D eigenvalue weighted by atomic mass is 10.1. The summed E-state index contributed by atoms with van der Waals surface area (Å²) in [5.74, 6) is 0.252. The van der Waals surface area contributed by atoms with E-state index in [1.165, 1.54) is 29.5 Å². The van der Waals surface area contributed by atoms with Gasteiger partial charge in [0.25, 0.3) is 0 Å².